The van der Waals surface area contributed by atoms with Crippen molar-refractivity contribution in [2.75, 3.05) is 23.3 Å². The topological polar surface area (TPSA) is 92.6 Å². The summed E-state index contributed by atoms with van der Waals surface area (Å²) in [5, 5.41) is 14.3. The van der Waals surface area contributed by atoms with E-state index in [0.29, 0.717) is 16.9 Å². The lowest BCUT2D eigenvalue weighted by molar-refractivity contribution is -0.384. The van der Waals surface area contributed by atoms with Gasteiger partial charge < -0.3 is 10.2 Å². The number of hydrogen-bond acceptors (Lipinski definition) is 5. The van der Waals surface area contributed by atoms with Crippen molar-refractivity contribution in [2.45, 2.75) is 32.6 Å². The van der Waals surface area contributed by atoms with Crippen molar-refractivity contribution in [1.29, 1.82) is 0 Å². The van der Waals surface area contributed by atoms with E-state index in [9.17, 15) is 19.7 Å². The summed E-state index contributed by atoms with van der Waals surface area (Å²) in [4.78, 5) is 37.1. The fourth-order valence-electron chi connectivity index (χ4n) is 3.38. The molecule has 0 aliphatic carbocycles. The molecule has 1 heterocycles. The van der Waals surface area contributed by atoms with Crippen LogP contribution < -0.4 is 10.2 Å². The summed E-state index contributed by atoms with van der Waals surface area (Å²) in [6.07, 6.45) is 4.28. The highest BCUT2D eigenvalue weighted by atomic mass is 16.6. The fraction of sp³-hybridized carbons (Fsp3) is 0.333. The predicted octanol–water partition coefficient (Wildman–Crippen LogP) is 4.43. The van der Waals surface area contributed by atoms with Crippen molar-refractivity contribution in [3.63, 3.8) is 0 Å². The molecule has 0 unspecified atom stereocenters. The highest BCUT2D eigenvalue weighted by molar-refractivity contribution is 6.05. The number of carbonyl (C=O) groups is 2. The van der Waals surface area contributed by atoms with Gasteiger partial charge in [0.05, 0.1) is 4.92 Å². The van der Waals surface area contributed by atoms with Gasteiger partial charge in [-0.3, -0.25) is 19.7 Å². The minimum absolute atomic E-state index is 0.0542. The van der Waals surface area contributed by atoms with E-state index >= 15 is 0 Å². The summed E-state index contributed by atoms with van der Waals surface area (Å²) in [6, 6.07) is 11.1. The Morgan fingerprint density at radius 2 is 1.57 bits per heavy atom. The number of nitro benzene ring substituents is 1. The molecule has 0 spiro atoms. The van der Waals surface area contributed by atoms with Gasteiger partial charge in [0.1, 0.15) is 5.69 Å². The second-order valence-electron chi connectivity index (χ2n) is 6.95. The molecule has 146 valence electrons. The largest absolute Gasteiger partial charge is 0.366 e. The van der Waals surface area contributed by atoms with Crippen molar-refractivity contribution in [3.8, 4) is 0 Å². The van der Waals surface area contributed by atoms with Gasteiger partial charge in [-0.25, -0.2) is 0 Å². The molecule has 0 bridgehead atoms. The normalized spacial score (nSPS) is 14.2. The average Bonchev–Trinajstić information content (AvgIpc) is 2.97. The van der Waals surface area contributed by atoms with Crippen LogP contribution >= 0.6 is 0 Å². The molecule has 0 atom stereocenters. The lowest BCUT2D eigenvalue weighted by Crippen LogP contribution is -2.25. The molecular formula is C21H23N3O4. The minimum atomic E-state index is -0.432. The second-order valence-corrected chi connectivity index (χ2v) is 6.95. The van der Waals surface area contributed by atoms with Gasteiger partial charge in [-0.15, -0.1) is 0 Å². The standard InChI is InChI=1S/C21H23N3O4/c1-15(25)16-6-9-18(10-7-16)22-21(26)17-8-11-19(20(14-17)24(27)28)23-12-4-2-3-5-13-23/h6-11,14H,2-5,12-13H2,1H3,(H,22,26). The van der Waals surface area contributed by atoms with Crippen LogP contribution in [-0.4, -0.2) is 29.7 Å². The van der Waals surface area contributed by atoms with Crippen molar-refractivity contribution in [2.24, 2.45) is 0 Å². The smallest absolute Gasteiger partial charge is 0.293 e. The number of nitrogens with one attached hydrogen (secondary N) is 1. The number of benzene rings is 2. The zero-order valence-corrected chi connectivity index (χ0v) is 15.8. The molecule has 7 nitrogen and oxygen atoms in total. The molecule has 2 aromatic rings. The van der Waals surface area contributed by atoms with Crippen LogP contribution in [-0.2, 0) is 0 Å². The van der Waals surface area contributed by atoms with E-state index in [2.05, 4.69) is 5.32 Å². The molecule has 7 heteroatoms. The number of amides is 1. The van der Waals surface area contributed by atoms with Gasteiger partial charge in [-0.1, -0.05) is 12.8 Å². The Morgan fingerprint density at radius 3 is 2.14 bits per heavy atom. The number of rotatable bonds is 5. The maximum atomic E-state index is 12.5. The summed E-state index contributed by atoms with van der Waals surface area (Å²) in [5.41, 5.74) is 1.81. The van der Waals surface area contributed by atoms with Crippen molar-refractivity contribution in [3.05, 3.63) is 63.7 Å². The number of carbonyl (C=O) groups excluding carboxylic acids is 2. The van der Waals surface area contributed by atoms with Crippen LogP contribution in [0.5, 0.6) is 0 Å². The molecule has 1 N–H and O–H groups in total. The molecule has 1 aliphatic heterocycles. The van der Waals surface area contributed by atoms with E-state index in [1.165, 1.54) is 13.0 Å². The van der Waals surface area contributed by atoms with E-state index < -0.39 is 10.8 Å². The maximum absolute atomic E-state index is 12.5. The highest BCUT2D eigenvalue weighted by Crippen LogP contribution is 2.31. The van der Waals surface area contributed by atoms with Gasteiger partial charge >= 0.3 is 0 Å². The average molecular weight is 381 g/mol. The monoisotopic (exact) mass is 381 g/mol. The van der Waals surface area contributed by atoms with E-state index in [1.807, 2.05) is 4.90 Å². The number of nitrogens with zero attached hydrogens (tertiary/aromatic N) is 2. The first-order valence-electron chi connectivity index (χ1n) is 9.41. The van der Waals surface area contributed by atoms with Gasteiger partial charge in [0, 0.05) is 36.0 Å². The molecule has 1 amide bonds. The van der Waals surface area contributed by atoms with Gasteiger partial charge in [-0.05, 0) is 56.2 Å². The highest BCUT2D eigenvalue weighted by Gasteiger charge is 2.22. The van der Waals surface area contributed by atoms with Gasteiger partial charge in [-0.2, -0.15) is 0 Å². The summed E-state index contributed by atoms with van der Waals surface area (Å²) in [7, 11) is 0. The molecule has 0 radical (unpaired) electrons. The number of hydrogen-bond donors (Lipinski definition) is 1. The van der Waals surface area contributed by atoms with Gasteiger partial charge in [0.15, 0.2) is 5.78 Å². The molecule has 1 saturated heterocycles. The van der Waals surface area contributed by atoms with Gasteiger partial charge in [0.2, 0.25) is 0 Å². The van der Waals surface area contributed by atoms with Gasteiger partial charge in [0.25, 0.3) is 11.6 Å². The Hall–Kier alpha value is -3.22. The lowest BCUT2D eigenvalue weighted by atomic mass is 10.1. The first-order chi connectivity index (χ1) is 13.5. The first-order valence-corrected chi connectivity index (χ1v) is 9.41. The van der Waals surface area contributed by atoms with E-state index in [1.54, 1.807) is 36.4 Å². The molecule has 2 aromatic carbocycles. The van der Waals surface area contributed by atoms with E-state index in [-0.39, 0.29) is 17.0 Å². The van der Waals surface area contributed by atoms with Crippen LogP contribution in [0, 0.1) is 10.1 Å². The Morgan fingerprint density at radius 1 is 0.964 bits per heavy atom. The van der Waals surface area contributed by atoms with Crippen molar-refractivity contribution in [1.82, 2.24) is 0 Å². The molecular weight excluding hydrogens is 358 g/mol. The number of ketones is 1. The molecule has 0 saturated carbocycles. The van der Waals surface area contributed by atoms with Crippen LogP contribution in [0.15, 0.2) is 42.5 Å². The van der Waals surface area contributed by atoms with E-state index in [0.717, 1.165) is 38.8 Å². The molecule has 1 fully saturated rings. The van der Waals surface area contributed by atoms with Crippen molar-refractivity contribution < 1.29 is 14.5 Å². The lowest BCUT2D eigenvalue weighted by Gasteiger charge is -2.22. The third-order valence-electron chi connectivity index (χ3n) is 4.93. The summed E-state index contributed by atoms with van der Waals surface area (Å²) < 4.78 is 0. The van der Waals surface area contributed by atoms with Crippen LogP contribution in [0.4, 0.5) is 17.1 Å². The summed E-state index contributed by atoms with van der Waals surface area (Å²) in [6.45, 7) is 3.04. The molecule has 0 aromatic heterocycles. The second kappa shape index (κ2) is 8.65. The Labute approximate surface area is 163 Å². The third kappa shape index (κ3) is 4.54. The number of Topliss-reactive ketones (excluding diaryl/α,β-unsaturated/α-hetero) is 1. The van der Waals surface area contributed by atoms with Crippen LogP contribution in [0.2, 0.25) is 0 Å². The molecule has 1 aliphatic rings. The third-order valence-corrected chi connectivity index (χ3v) is 4.93. The van der Waals surface area contributed by atoms with Crippen LogP contribution in [0.3, 0.4) is 0 Å². The zero-order chi connectivity index (χ0) is 20.1. The van der Waals surface area contributed by atoms with Crippen molar-refractivity contribution >= 4 is 28.8 Å². The van der Waals surface area contributed by atoms with E-state index in [4.69, 9.17) is 0 Å². The Bertz CT molecular complexity index is 885. The quantitative estimate of drug-likeness (QED) is 0.470. The SMILES string of the molecule is CC(=O)c1ccc(NC(=O)c2ccc(N3CCCCCC3)c([N+](=O)[O-])c2)cc1. The maximum Gasteiger partial charge on any atom is 0.293 e. The Kier molecular flexibility index (Phi) is 6.03. The number of anilines is 2. The molecule has 3 rings (SSSR count). The van der Waals surface area contributed by atoms with Crippen LogP contribution in [0.1, 0.15) is 53.3 Å². The predicted molar refractivity (Wildman–Crippen MR) is 108 cm³/mol. The minimum Gasteiger partial charge on any atom is -0.366 e. The first kappa shape index (κ1) is 19.5. The Balaban J connectivity index is 1.81. The van der Waals surface area contributed by atoms with Crippen LogP contribution in [0.25, 0.3) is 0 Å². The molecule has 28 heavy (non-hydrogen) atoms. The fourth-order valence-corrected chi connectivity index (χ4v) is 3.38. The number of nitro groups is 1. The zero-order valence-electron chi connectivity index (χ0n) is 15.8. The summed E-state index contributed by atoms with van der Waals surface area (Å²) in [5.74, 6) is -0.487. The summed E-state index contributed by atoms with van der Waals surface area (Å²) >= 11 is 0.